The number of carbonyl (C=O) groups excluding carboxylic acids is 1. The Labute approximate surface area is 105 Å². The number of halogens is 1. The molecule has 3 N–H and O–H groups in total. The number of carbonyl (C=O) groups is 1. The van der Waals surface area contributed by atoms with E-state index in [1.54, 1.807) is 4.90 Å². The molecule has 0 radical (unpaired) electrons. The van der Waals surface area contributed by atoms with Gasteiger partial charge in [-0.3, -0.25) is 4.79 Å². The monoisotopic (exact) mass is 252 g/mol. The molecule has 0 aromatic heterocycles. The lowest BCUT2D eigenvalue weighted by atomic mass is 10.1. The van der Waals surface area contributed by atoms with Crippen LogP contribution in [0.4, 0.5) is 4.39 Å². The molecule has 1 amide bonds. The first kappa shape index (κ1) is 12.8. The van der Waals surface area contributed by atoms with E-state index in [-0.39, 0.29) is 29.2 Å². The number of hydrogen-bond acceptors (Lipinski definition) is 3. The predicted molar refractivity (Wildman–Crippen MR) is 65.7 cm³/mol. The molecular weight excluding hydrogens is 235 g/mol. The van der Waals surface area contributed by atoms with Gasteiger partial charge in [0.1, 0.15) is 11.6 Å². The van der Waals surface area contributed by atoms with Crippen molar-refractivity contribution in [1.82, 2.24) is 4.90 Å². The molecule has 0 spiro atoms. The minimum absolute atomic E-state index is 0.00248. The smallest absolute Gasteiger partial charge is 0.257 e. The van der Waals surface area contributed by atoms with Gasteiger partial charge in [0, 0.05) is 18.7 Å². The zero-order chi connectivity index (χ0) is 13.3. The van der Waals surface area contributed by atoms with E-state index >= 15 is 0 Å². The second-order valence-electron chi connectivity index (χ2n) is 4.81. The number of phenolic OH excluding ortho intramolecular Hbond substituents is 1. The lowest BCUT2D eigenvalue weighted by molar-refractivity contribution is 0.0738. The molecule has 2 unspecified atom stereocenters. The van der Waals surface area contributed by atoms with Crippen LogP contribution in [0.2, 0.25) is 0 Å². The second-order valence-corrected chi connectivity index (χ2v) is 4.81. The fourth-order valence-electron chi connectivity index (χ4n) is 2.43. The lowest BCUT2D eigenvalue weighted by Crippen LogP contribution is -2.34. The van der Waals surface area contributed by atoms with Crippen molar-refractivity contribution in [1.29, 1.82) is 0 Å². The minimum atomic E-state index is -0.691. The van der Waals surface area contributed by atoms with Crippen LogP contribution in [0.3, 0.4) is 0 Å². The van der Waals surface area contributed by atoms with E-state index in [4.69, 9.17) is 10.8 Å². The Hall–Kier alpha value is -1.62. The van der Waals surface area contributed by atoms with Crippen LogP contribution in [-0.4, -0.2) is 35.0 Å². The van der Waals surface area contributed by atoms with Crippen molar-refractivity contribution in [3.05, 3.63) is 29.6 Å². The van der Waals surface area contributed by atoms with Crippen LogP contribution in [-0.2, 0) is 0 Å². The van der Waals surface area contributed by atoms with Crippen LogP contribution in [0.25, 0.3) is 0 Å². The third-order valence-corrected chi connectivity index (χ3v) is 3.44. The number of nitrogens with two attached hydrogens (primary N) is 1. The molecule has 2 atom stereocenters. The summed E-state index contributed by atoms with van der Waals surface area (Å²) in [6.07, 6.45) is 0.849. The van der Waals surface area contributed by atoms with Gasteiger partial charge in [0.25, 0.3) is 5.91 Å². The summed E-state index contributed by atoms with van der Waals surface area (Å²) in [4.78, 5) is 13.9. The van der Waals surface area contributed by atoms with Crippen LogP contribution in [0.5, 0.6) is 5.75 Å². The Morgan fingerprint density at radius 3 is 2.89 bits per heavy atom. The zero-order valence-electron chi connectivity index (χ0n) is 10.3. The summed E-state index contributed by atoms with van der Waals surface area (Å²) < 4.78 is 13.6. The van der Waals surface area contributed by atoms with Gasteiger partial charge in [-0.25, -0.2) is 4.39 Å². The average Bonchev–Trinajstić information content (AvgIpc) is 2.70. The molecule has 98 valence electrons. The molecule has 1 aliphatic heterocycles. The van der Waals surface area contributed by atoms with Gasteiger partial charge in [-0.05, 0) is 37.9 Å². The molecule has 1 aromatic rings. The van der Waals surface area contributed by atoms with Gasteiger partial charge in [0.15, 0.2) is 0 Å². The molecule has 2 rings (SSSR count). The second kappa shape index (κ2) is 4.94. The highest BCUT2D eigenvalue weighted by molar-refractivity contribution is 5.95. The third kappa shape index (κ3) is 2.31. The van der Waals surface area contributed by atoms with Crippen molar-refractivity contribution in [2.24, 2.45) is 11.7 Å². The van der Waals surface area contributed by atoms with Gasteiger partial charge in [-0.15, -0.1) is 0 Å². The molecule has 0 saturated carbocycles. The summed E-state index contributed by atoms with van der Waals surface area (Å²) in [5, 5.41) is 9.14. The van der Waals surface area contributed by atoms with Crippen LogP contribution in [0.1, 0.15) is 23.7 Å². The molecule has 4 nitrogen and oxygen atoms in total. The van der Waals surface area contributed by atoms with E-state index in [9.17, 15) is 9.18 Å². The maximum absolute atomic E-state index is 13.6. The number of benzene rings is 1. The number of nitrogens with zero attached hydrogens (tertiary/aromatic N) is 1. The van der Waals surface area contributed by atoms with Crippen LogP contribution < -0.4 is 5.73 Å². The highest BCUT2D eigenvalue weighted by Gasteiger charge is 2.33. The predicted octanol–water partition coefficient (Wildman–Crippen LogP) is 1.34. The number of phenols is 1. The average molecular weight is 252 g/mol. The van der Waals surface area contributed by atoms with Crippen LogP contribution in [0, 0.1) is 11.7 Å². The SMILES string of the molecule is CC1CC(CN)CN1C(=O)c1ccc(O)cc1F. The minimum Gasteiger partial charge on any atom is -0.508 e. The maximum Gasteiger partial charge on any atom is 0.257 e. The van der Waals surface area contributed by atoms with Gasteiger partial charge in [-0.1, -0.05) is 0 Å². The quantitative estimate of drug-likeness (QED) is 0.834. The molecule has 1 aromatic carbocycles. The Balaban J connectivity index is 2.21. The van der Waals surface area contributed by atoms with Gasteiger partial charge >= 0.3 is 0 Å². The Bertz CT molecular complexity index is 464. The van der Waals surface area contributed by atoms with Crippen LogP contribution in [0.15, 0.2) is 18.2 Å². The largest absolute Gasteiger partial charge is 0.508 e. The van der Waals surface area contributed by atoms with E-state index in [0.29, 0.717) is 13.1 Å². The van der Waals surface area contributed by atoms with Crippen molar-refractivity contribution in [3.63, 3.8) is 0 Å². The third-order valence-electron chi connectivity index (χ3n) is 3.44. The van der Waals surface area contributed by atoms with E-state index in [2.05, 4.69) is 0 Å². The van der Waals surface area contributed by atoms with Gasteiger partial charge in [-0.2, -0.15) is 0 Å². The Kier molecular flexibility index (Phi) is 3.52. The Morgan fingerprint density at radius 2 is 2.33 bits per heavy atom. The van der Waals surface area contributed by atoms with Gasteiger partial charge in [0.2, 0.25) is 0 Å². The van der Waals surface area contributed by atoms with E-state index in [1.165, 1.54) is 12.1 Å². The van der Waals surface area contributed by atoms with Crippen molar-refractivity contribution in [2.75, 3.05) is 13.1 Å². The van der Waals surface area contributed by atoms with Crippen LogP contribution >= 0.6 is 0 Å². The summed E-state index contributed by atoms with van der Waals surface area (Å²) >= 11 is 0. The first-order valence-electron chi connectivity index (χ1n) is 6.02. The first-order valence-corrected chi connectivity index (χ1v) is 6.02. The van der Waals surface area contributed by atoms with E-state index in [1.807, 2.05) is 6.92 Å². The van der Waals surface area contributed by atoms with E-state index in [0.717, 1.165) is 12.5 Å². The summed E-state index contributed by atoms with van der Waals surface area (Å²) in [5.74, 6) is -0.929. The number of hydrogen-bond donors (Lipinski definition) is 2. The topological polar surface area (TPSA) is 66.6 Å². The number of rotatable bonds is 2. The van der Waals surface area contributed by atoms with Gasteiger partial charge in [0.05, 0.1) is 5.56 Å². The van der Waals surface area contributed by atoms with Crippen molar-refractivity contribution < 1.29 is 14.3 Å². The molecule has 1 saturated heterocycles. The molecule has 0 bridgehead atoms. The molecular formula is C13H17FN2O2. The molecule has 1 fully saturated rings. The highest BCUT2D eigenvalue weighted by Crippen LogP contribution is 2.25. The van der Waals surface area contributed by atoms with Crippen molar-refractivity contribution in [2.45, 2.75) is 19.4 Å². The van der Waals surface area contributed by atoms with Gasteiger partial charge < -0.3 is 15.7 Å². The number of likely N-dealkylation sites (tertiary alicyclic amines) is 1. The standard InChI is InChI=1S/C13H17FN2O2/c1-8-4-9(6-15)7-16(8)13(18)11-3-2-10(17)5-12(11)14/h2-3,5,8-9,17H,4,6-7,15H2,1H3. The summed E-state index contributed by atoms with van der Waals surface area (Å²) in [5.41, 5.74) is 5.60. The summed E-state index contributed by atoms with van der Waals surface area (Å²) in [7, 11) is 0. The zero-order valence-corrected chi connectivity index (χ0v) is 10.3. The normalized spacial score (nSPS) is 23.4. The first-order chi connectivity index (χ1) is 8.52. The molecule has 18 heavy (non-hydrogen) atoms. The Morgan fingerprint density at radius 1 is 1.61 bits per heavy atom. The summed E-state index contributed by atoms with van der Waals surface area (Å²) in [6, 6.07) is 3.65. The molecule has 1 aliphatic rings. The fraction of sp³-hybridized carbons (Fsp3) is 0.462. The number of aromatic hydroxyl groups is 1. The molecule has 5 heteroatoms. The number of amides is 1. The fourth-order valence-corrected chi connectivity index (χ4v) is 2.43. The highest BCUT2D eigenvalue weighted by atomic mass is 19.1. The van der Waals surface area contributed by atoms with E-state index < -0.39 is 5.82 Å². The molecule has 1 heterocycles. The lowest BCUT2D eigenvalue weighted by Gasteiger charge is -2.21. The maximum atomic E-state index is 13.6. The molecule has 0 aliphatic carbocycles. The summed E-state index contributed by atoms with van der Waals surface area (Å²) in [6.45, 7) is 3.04. The van der Waals surface area contributed by atoms with Crippen molar-refractivity contribution in [3.8, 4) is 5.75 Å². The van der Waals surface area contributed by atoms with Crippen molar-refractivity contribution >= 4 is 5.91 Å².